The van der Waals surface area contributed by atoms with Crippen LogP contribution >= 0.6 is 65.9 Å². The number of aryl methyl sites for hydroxylation is 2. The van der Waals surface area contributed by atoms with Crippen LogP contribution < -0.4 is 11.5 Å². The zero-order chi connectivity index (χ0) is 15.3. The van der Waals surface area contributed by atoms with Crippen molar-refractivity contribution in [2.45, 2.75) is 13.8 Å². The fourth-order valence-corrected chi connectivity index (χ4v) is 7.15. The maximum Gasteiger partial charge on any atom is 0.0752 e. The fourth-order valence-electron chi connectivity index (χ4n) is 2.13. The van der Waals surface area contributed by atoms with Gasteiger partial charge in [-0.25, -0.2) is 0 Å². The van der Waals surface area contributed by atoms with Crippen molar-refractivity contribution in [3.8, 4) is 19.5 Å². The van der Waals surface area contributed by atoms with Crippen molar-refractivity contribution in [2.24, 2.45) is 0 Å². The molecule has 21 heavy (non-hydrogen) atoms. The van der Waals surface area contributed by atoms with Gasteiger partial charge in [-0.15, -0.1) is 34.0 Å². The third-order valence-electron chi connectivity index (χ3n) is 3.17. The molecular weight excluding hydrogens is 452 g/mol. The second-order valence-corrected chi connectivity index (χ2v) is 10.6. The first-order valence-electron chi connectivity index (χ1n) is 6.08. The van der Waals surface area contributed by atoms with E-state index in [-0.39, 0.29) is 0 Å². The van der Waals surface area contributed by atoms with Gasteiger partial charge in [0, 0.05) is 0 Å². The Labute approximate surface area is 152 Å². The minimum Gasteiger partial charge on any atom is -0.396 e. The molecule has 7 heteroatoms. The SMILES string of the molecule is Cc1cc(Br)sc1-c1sc(-c2sc(Br)cc2C)c(N)c1N. The van der Waals surface area contributed by atoms with E-state index >= 15 is 0 Å². The molecule has 0 saturated carbocycles. The maximum absolute atomic E-state index is 6.28. The van der Waals surface area contributed by atoms with E-state index in [4.69, 9.17) is 11.5 Å². The molecule has 0 unspecified atom stereocenters. The minimum absolute atomic E-state index is 0.691. The van der Waals surface area contributed by atoms with E-state index in [9.17, 15) is 0 Å². The van der Waals surface area contributed by atoms with Crippen LogP contribution in [-0.4, -0.2) is 0 Å². The van der Waals surface area contributed by atoms with Crippen LogP contribution in [0.5, 0.6) is 0 Å². The van der Waals surface area contributed by atoms with E-state index in [0.29, 0.717) is 11.4 Å². The maximum atomic E-state index is 6.28. The third-order valence-corrected chi connectivity index (χ3v) is 8.20. The van der Waals surface area contributed by atoms with E-state index in [1.807, 2.05) is 0 Å². The van der Waals surface area contributed by atoms with Gasteiger partial charge in [0.25, 0.3) is 0 Å². The Bertz CT molecular complexity index is 763. The predicted octanol–water partition coefficient (Wildman–Crippen LogP) is 6.51. The van der Waals surface area contributed by atoms with Gasteiger partial charge in [0.2, 0.25) is 0 Å². The molecule has 0 fully saturated rings. The van der Waals surface area contributed by atoms with Gasteiger partial charge in [0.1, 0.15) is 0 Å². The lowest BCUT2D eigenvalue weighted by molar-refractivity contribution is 1.55. The summed E-state index contributed by atoms with van der Waals surface area (Å²) in [4.78, 5) is 4.52. The Balaban J connectivity index is 2.20. The highest BCUT2D eigenvalue weighted by molar-refractivity contribution is 9.11. The summed E-state index contributed by atoms with van der Waals surface area (Å²) < 4.78 is 2.22. The topological polar surface area (TPSA) is 52.0 Å². The van der Waals surface area contributed by atoms with E-state index in [2.05, 4.69) is 57.8 Å². The minimum atomic E-state index is 0.691. The van der Waals surface area contributed by atoms with Crippen molar-refractivity contribution in [1.29, 1.82) is 0 Å². The molecule has 0 spiro atoms. The fraction of sp³-hybridized carbons (Fsp3) is 0.143. The van der Waals surface area contributed by atoms with Crippen LogP contribution in [0.3, 0.4) is 0 Å². The van der Waals surface area contributed by atoms with Crippen molar-refractivity contribution < 1.29 is 0 Å². The molecule has 0 saturated heterocycles. The summed E-state index contributed by atoms with van der Waals surface area (Å²) in [5.41, 5.74) is 16.4. The van der Waals surface area contributed by atoms with E-state index in [1.54, 1.807) is 34.0 Å². The summed E-state index contributed by atoms with van der Waals surface area (Å²) in [5, 5.41) is 0. The second-order valence-electron chi connectivity index (χ2n) is 4.71. The monoisotopic (exact) mass is 462 g/mol. The lowest BCUT2D eigenvalue weighted by Gasteiger charge is -1.98. The number of hydrogen-bond acceptors (Lipinski definition) is 5. The molecule has 0 radical (unpaired) electrons. The van der Waals surface area contributed by atoms with Gasteiger partial charge in [-0.05, 0) is 69.0 Å². The van der Waals surface area contributed by atoms with Crippen LogP contribution in [0.15, 0.2) is 19.7 Å². The van der Waals surface area contributed by atoms with Crippen molar-refractivity contribution in [2.75, 3.05) is 11.5 Å². The molecule has 0 bridgehead atoms. The molecular formula is C14H12Br2N2S3. The van der Waals surface area contributed by atoms with Crippen LogP contribution in [-0.2, 0) is 0 Å². The molecule has 0 aromatic carbocycles. The standard InChI is InChI=1S/C14H12Br2N2S3/c1-5-3-7(15)19-11(5)13-9(17)10(18)14(21-13)12-6(2)4-8(16)20-12/h3-4H,17-18H2,1-2H3. The number of nitrogens with two attached hydrogens (primary N) is 2. The Morgan fingerprint density at radius 2 is 1.10 bits per heavy atom. The molecule has 0 aliphatic rings. The highest BCUT2D eigenvalue weighted by Gasteiger charge is 2.21. The van der Waals surface area contributed by atoms with Gasteiger partial charge in [-0.1, -0.05) is 0 Å². The summed E-state index contributed by atoms with van der Waals surface area (Å²) in [5.74, 6) is 0. The number of thiophene rings is 3. The number of halogens is 2. The van der Waals surface area contributed by atoms with Gasteiger partial charge in [-0.2, -0.15) is 0 Å². The van der Waals surface area contributed by atoms with E-state index < -0.39 is 0 Å². The van der Waals surface area contributed by atoms with Crippen molar-refractivity contribution in [3.63, 3.8) is 0 Å². The van der Waals surface area contributed by atoms with Crippen LogP contribution in [0.1, 0.15) is 11.1 Å². The summed E-state index contributed by atoms with van der Waals surface area (Å²) in [6, 6.07) is 4.23. The molecule has 2 nitrogen and oxygen atoms in total. The number of hydrogen-bond donors (Lipinski definition) is 2. The van der Waals surface area contributed by atoms with Crippen molar-refractivity contribution in [1.82, 2.24) is 0 Å². The van der Waals surface area contributed by atoms with Crippen LogP contribution in [0.4, 0.5) is 11.4 Å². The van der Waals surface area contributed by atoms with Crippen LogP contribution in [0.2, 0.25) is 0 Å². The largest absolute Gasteiger partial charge is 0.396 e. The molecule has 0 aliphatic carbocycles. The normalized spacial score (nSPS) is 11.2. The van der Waals surface area contributed by atoms with E-state index in [0.717, 1.165) is 17.3 Å². The number of nitrogen functional groups attached to an aromatic ring is 2. The summed E-state index contributed by atoms with van der Waals surface area (Å²) >= 11 is 12.1. The zero-order valence-corrected chi connectivity index (χ0v) is 16.9. The lowest BCUT2D eigenvalue weighted by Crippen LogP contribution is -1.92. The first-order chi connectivity index (χ1) is 9.88. The van der Waals surface area contributed by atoms with Gasteiger partial charge in [0.05, 0.1) is 38.5 Å². The summed E-state index contributed by atoms with van der Waals surface area (Å²) in [7, 11) is 0. The summed E-state index contributed by atoms with van der Waals surface area (Å²) in [6.07, 6.45) is 0. The molecule has 0 atom stereocenters. The average molecular weight is 464 g/mol. The molecule has 4 N–H and O–H groups in total. The van der Waals surface area contributed by atoms with Crippen molar-refractivity contribution >= 4 is 77.2 Å². The smallest absolute Gasteiger partial charge is 0.0752 e. The molecule has 0 amide bonds. The third kappa shape index (κ3) is 2.70. The second kappa shape index (κ2) is 5.70. The van der Waals surface area contributed by atoms with Gasteiger partial charge < -0.3 is 11.5 Å². The van der Waals surface area contributed by atoms with Crippen LogP contribution in [0.25, 0.3) is 19.5 Å². The molecule has 3 rings (SSSR count). The lowest BCUT2D eigenvalue weighted by atomic mass is 10.2. The Morgan fingerprint density at radius 1 is 0.714 bits per heavy atom. The quantitative estimate of drug-likeness (QED) is 0.454. The average Bonchev–Trinajstić information content (AvgIpc) is 3.00. The van der Waals surface area contributed by atoms with Gasteiger partial charge >= 0.3 is 0 Å². The first-order valence-corrected chi connectivity index (χ1v) is 10.1. The predicted molar refractivity (Wildman–Crippen MR) is 105 cm³/mol. The Hall–Kier alpha value is -0.340. The van der Waals surface area contributed by atoms with Crippen molar-refractivity contribution in [3.05, 3.63) is 30.8 Å². The molecule has 110 valence electrons. The summed E-state index contributed by atoms with van der Waals surface area (Å²) in [6.45, 7) is 4.19. The number of rotatable bonds is 2. The van der Waals surface area contributed by atoms with E-state index in [1.165, 1.54) is 20.9 Å². The van der Waals surface area contributed by atoms with Gasteiger partial charge in [-0.3, -0.25) is 0 Å². The zero-order valence-electron chi connectivity index (χ0n) is 11.3. The number of anilines is 2. The molecule has 3 heterocycles. The molecule has 0 aliphatic heterocycles. The Kier molecular flexibility index (Phi) is 4.22. The Morgan fingerprint density at radius 3 is 1.38 bits per heavy atom. The first kappa shape index (κ1) is 15.6. The van der Waals surface area contributed by atoms with Crippen LogP contribution in [0, 0.1) is 13.8 Å². The van der Waals surface area contributed by atoms with Gasteiger partial charge in [0.15, 0.2) is 0 Å². The highest BCUT2D eigenvalue weighted by atomic mass is 79.9. The highest BCUT2D eigenvalue weighted by Crippen LogP contribution is 2.51. The molecule has 3 aromatic heterocycles. The molecule has 3 aromatic rings.